The van der Waals surface area contributed by atoms with E-state index in [1.54, 1.807) is 16.6 Å². The minimum atomic E-state index is -0.630. The number of fused-ring (bicyclic) bond motifs is 1. The van der Waals surface area contributed by atoms with Crippen molar-refractivity contribution < 1.29 is 14.6 Å². The molecule has 1 aliphatic carbocycles. The number of nitrogen functional groups attached to an aromatic ring is 1. The first-order valence-electron chi connectivity index (χ1n) is 12.3. The van der Waals surface area contributed by atoms with Crippen molar-refractivity contribution in [2.45, 2.75) is 19.4 Å². The van der Waals surface area contributed by atoms with E-state index in [2.05, 4.69) is 45.3 Å². The van der Waals surface area contributed by atoms with E-state index in [9.17, 15) is 4.79 Å². The third-order valence-corrected chi connectivity index (χ3v) is 6.46. The Morgan fingerprint density at radius 3 is 2.43 bits per heavy atom. The Kier molecular flexibility index (Phi) is 7.01. The van der Waals surface area contributed by atoms with Gasteiger partial charge < -0.3 is 15.6 Å². The van der Waals surface area contributed by atoms with Gasteiger partial charge in [-0.3, -0.25) is 9.69 Å². The van der Waals surface area contributed by atoms with E-state index >= 15 is 0 Å². The summed E-state index contributed by atoms with van der Waals surface area (Å²) in [5.74, 6) is 1.02. The highest BCUT2D eigenvalue weighted by Gasteiger charge is 2.29. The summed E-state index contributed by atoms with van der Waals surface area (Å²) >= 11 is 0. The standard InChI is InChI=1S/C24H22N6O.C4H6O2/c25-12-17-6-10-21(11-7-17)31-16-19-14-29(15-19)13-18-4-8-20(9-5-18)22-2-1-3-23-27-24(26)28-30(22)23;5-4(6)3-1-2-3/h1-11,19H,13-16H2,(H2,26,28);3H,1-2H2,(H,5,6). The van der Waals surface area contributed by atoms with Crippen LogP contribution < -0.4 is 10.5 Å². The second-order valence-corrected chi connectivity index (χ2v) is 9.47. The molecule has 3 N–H and O–H groups in total. The van der Waals surface area contributed by atoms with Crippen molar-refractivity contribution in [2.75, 3.05) is 25.4 Å². The average molecular weight is 497 g/mol. The van der Waals surface area contributed by atoms with E-state index in [0.717, 1.165) is 55.1 Å². The Balaban J connectivity index is 0.000000412. The Hall–Kier alpha value is -4.42. The molecule has 9 heteroatoms. The SMILES string of the molecule is N#Cc1ccc(OCC2CN(Cc3ccc(-c4cccc5nc(N)nn45)cc3)C2)cc1.O=C(O)C1CC1. The number of hydrogen-bond acceptors (Lipinski definition) is 7. The number of benzene rings is 2. The number of carboxylic acid groups (broad SMARTS) is 1. The van der Waals surface area contributed by atoms with Crippen LogP contribution in [0, 0.1) is 23.2 Å². The molecule has 37 heavy (non-hydrogen) atoms. The van der Waals surface area contributed by atoms with Gasteiger partial charge >= 0.3 is 5.97 Å². The Bertz CT molecular complexity index is 1420. The molecule has 2 aliphatic rings. The third kappa shape index (κ3) is 6.05. The highest BCUT2D eigenvalue weighted by Crippen LogP contribution is 2.28. The van der Waals surface area contributed by atoms with Gasteiger partial charge in [-0.1, -0.05) is 30.3 Å². The highest BCUT2D eigenvalue weighted by molar-refractivity contribution is 5.72. The Morgan fingerprint density at radius 1 is 1.08 bits per heavy atom. The summed E-state index contributed by atoms with van der Waals surface area (Å²) in [6, 6.07) is 23.8. The smallest absolute Gasteiger partial charge is 0.306 e. The maximum absolute atomic E-state index is 9.76. The number of likely N-dealkylation sites (tertiary alicyclic amines) is 1. The largest absolute Gasteiger partial charge is 0.493 e. The van der Waals surface area contributed by atoms with E-state index in [4.69, 9.17) is 20.8 Å². The van der Waals surface area contributed by atoms with Crippen molar-refractivity contribution in [1.29, 1.82) is 5.26 Å². The van der Waals surface area contributed by atoms with Crippen molar-refractivity contribution in [3.8, 4) is 23.1 Å². The third-order valence-electron chi connectivity index (χ3n) is 6.46. The van der Waals surface area contributed by atoms with Crippen molar-refractivity contribution >= 4 is 17.6 Å². The number of hydrogen-bond donors (Lipinski definition) is 2. The number of anilines is 1. The number of aliphatic carboxylic acids is 1. The molecule has 6 rings (SSSR count). The van der Waals surface area contributed by atoms with Crippen molar-refractivity contribution in [2.24, 2.45) is 11.8 Å². The van der Waals surface area contributed by atoms with Crippen LogP contribution in [0.5, 0.6) is 5.75 Å². The normalized spacial score (nSPS) is 15.3. The zero-order chi connectivity index (χ0) is 25.8. The van der Waals surface area contributed by atoms with Gasteiger partial charge in [0, 0.05) is 31.1 Å². The first-order valence-corrected chi connectivity index (χ1v) is 12.3. The molecule has 0 bridgehead atoms. The molecule has 0 radical (unpaired) electrons. The number of pyridine rings is 1. The van der Waals surface area contributed by atoms with E-state index in [0.29, 0.717) is 18.1 Å². The van der Waals surface area contributed by atoms with Crippen LogP contribution >= 0.6 is 0 Å². The van der Waals surface area contributed by atoms with Gasteiger partial charge in [-0.15, -0.1) is 5.10 Å². The summed E-state index contributed by atoms with van der Waals surface area (Å²) in [4.78, 5) is 16.4. The van der Waals surface area contributed by atoms with Crippen LogP contribution in [0.2, 0.25) is 0 Å². The Morgan fingerprint density at radius 2 is 1.81 bits per heavy atom. The van der Waals surface area contributed by atoms with Crippen LogP contribution in [0.4, 0.5) is 5.95 Å². The first-order chi connectivity index (χ1) is 18.0. The van der Waals surface area contributed by atoms with Gasteiger partial charge in [-0.25, -0.2) is 4.52 Å². The molecule has 0 spiro atoms. The second-order valence-electron chi connectivity index (χ2n) is 9.47. The molecule has 0 unspecified atom stereocenters. The number of nitriles is 1. The molecule has 2 aromatic heterocycles. The van der Waals surface area contributed by atoms with Crippen LogP contribution in [0.3, 0.4) is 0 Å². The van der Waals surface area contributed by atoms with Crippen molar-refractivity contribution in [1.82, 2.24) is 19.5 Å². The molecule has 0 atom stereocenters. The molecule has 2 aromatic carbocycles. The number of rotatable bonds is 7. The summed E-state index contributed by atoms with van der Waals surface area (Å²) in [5, 5.41) is 21.2. The molecule has 4 aromatic rings. The van der Waals surface area contributed by atoms with E-state index in [1.165, 1.54) is 5.56 Å². The minimum Gasteiger partial charge on any atom is -0.493 e. The van der Waals surface area contributed by atoms with Crippen LogP contribution in [0.15, 0.2) is 66.7 Å². The summed E-state index contributed by atoms with van der Waals surface area (Å²) in [6.45, 7) is 3.67. The fraction of sp³-hybridized carbons (Fsp3) is 0.286. The first kappa shape index (κ1) is 24.3. The Labute approximate surface area is 214 Å². The molecule has 0 amide bonds. The fourth-order valence-electron chi connectivity index (χ4n) is 4.26. The van der Waals surface area contributed by atoms with Gasteiger partial charge in [0.15, 0.2) is 5.65 Å². The lowest BCUT2D eigenvalue weighted by atomic mass is 9.99. The van der Waals surface area contributed by atoms with Crippen molar-refractivity contribution in [3.05, 3.63) is 77.9 Å². The number of nitrogens with two attached hydrogens (primary N) is 1. The van der Waals surface area contributed by atoms with E-state index in [-0.39, 0.29) is 11.9 Å². The monoisotopic (exact) mass is 496 g/mol. The second kappa shape index (κ2) is 10.7. The summed E-state index contributed by atoms with van der Waals surface area (Å²) in [6.07, 6.45) is 1.80. The quantitative estimate of drug-likeness (QED) is 0.395. The van der Waals surface area contributed by atoms with Gasteiger partial charge in [0.1, 0.15) is 5.75 Å². The molecule has 1 aliphatic heterocycles. The zero-order valence-corrected chi connectivity index (χ0v) is 20.3. The van der Waals surface area contributed by atoms with Gasteiger partial charge in [0.2, 0.25) is 5.95 Å². The number of carboxylic acids is 1. The topological polar surface area (TPSA) is 130 Å². The lowest BCUT2D eigenvalue weighted by Gasteiger charge is -2.39. The van der Waals surface area contributed by atoms with Crippen LogP contribution in [0.25, 0.3) is 16.9 Å². The number of ether oxygens (including phenoxy) is 1. The van der Waals surface area contributed by atoms with E-state index in [1.807, 2.05) is 30.3 Å². The lowest BCUT2D eigenvalue weighted by molar-refractivity contribution is -0.138. The molecule has 2 fully saturated rings. The number of nitrogens with zero attached hydrogens (tertiary/aromatic N) is 5. The zero-order valence-electron chi connectivity index (χ0n) is 20.3. The molecule has 9 nitrogen and oxygen atoms in total. The molecule has 188 valence electrons. The molecular weight excluding hydrogens is 468 g/mol. The van der Waals surface area contributed by atoms with Gasteiger partial charge in [-0.2, -0.15) is 10.2 Å². The predicted molar refractivity (Wildman–Crippen MR) is 139 cm³/mol. The maximum Gasteiger partial charge on any atom is 0.306 e. The van der Waals surface area contributed by atoms with Crippen LogP contribution in [-0.2, 0) is 11.3 Å². The fourth-order valence-corrected chi connectivity index (χ4v) is 4.26. The van der Waals surface area contributed by atoms with Gasteiger partial charge in [0.05, 0.1) is 29.9 Å². The van der Waals surface area contributed by atoms with Crippen LogP contribution in [-0.4, -0.2) is 50.3 Å². The predicted octanol–water partition coefficient (Wildman–Crippen LogP) is 3.84. The molecular formula is C28H28N6O3. The highest BCUT2D eigenvalue weighted by atomic mass is 16.5. The lowest BCUT2D eigenvalue weighted by Crippen LogP contribution is -2.48. The minimum absolute atomic E-state index is 0.0185. The molecule has 1 saturated heterocycles. The van der Waals surface area contributed by atoms with Gasteiger partial charge in [0.25, 0.3) is 0 Å². The number of aromatic nitrogens is 3. The maximum atomic E-state index is 9.76. The van der Waals surface area contributed by atoms with E-state index < -0.39 is 5.97 Å². The summed E-state index contributed by atoms with van der Waals surface area (Å²) in [5.41, 5.74) is 10.5. The summed E-state index contributed by atoms with van der Waals surface area (Å²) in [7, 11) is 0. The molecule has 1 saturated carbocycles. The van der Waals surface area contributed by atoms with Crippen LogP contribution in [0.1, 0.15) is 24.0 Å². The molecule has 3 heterocycles. The number of carbonyl (C=O) groups is 1. The van der Waals surface area contributed by atoms with Crippen molar-refractivity contribution in [3.63, 3.8) is 0 Å². The van der Waals surface area contributed by atoms with Gasteiger partial charge in [-0.05, 0) is 54.8 Å². The average Bonchev–Trinajstić information content (AvgIpc) is 3.67. The summed E-state index contributed by atoms with van der Waals surface area (Å²) < 4.78 is 7.63.